The molecule has 20 heavy (non-hydrogen) atoms. The highest BCUT2D eigenvalue weighted by Gasteiger charge is 2.33. The molecule has 1 aliphatic carbocycles. The number of nitrogens with one attached hydrogen (secondary N) is 2. The maximum atomic E-state index is 11.8. The number of carbonyl (C=O) groups is 1. The fourth-order valence-corrected chi connectivity index (χ4v) is 2.06. The van der Waals surface area contributed by atoms with Crippen molar-refractivity contribution in [2.75, 3.05) is 6.54 Å². The van der Waals surface area contributed by atoms with Crippen LogP contribution in [-0.4, -0.2) is 24.3 Å². The van der Waals surface area contributed by atoms with Crippen LogP contribution in [0.4, 0.5) is 4.79 Å². The Kier molecular flexibility index (Phi) is 4.70. The van der Waals surface area contributed by atoms with Crippen molar-refractivity contribution in [1.29, 1.82) is 0 Å². The van der Waals surface area contributed by atoms with Gasteiger partial charge in [0.05, 0.1) is 12.8 Å². The molecule has 2 rings (SSSR count). The Morgan fingerprint density at radius 3 is 2.80 bits per heavy atom. The van der Waals surface area contributed by atoms with Crippen molar-refractivity contribution in [1.82, 2.24) is 10.6 Å². The average Bonchev–Trinajstić information content (AvgIpc) is 3.04. The zero-order valence-electron chi connectivity index (χ0n) is 12.4. The summed E-state index contributed by atoms with van der Waals surface area (Å²) in [4.78, 5) is 11.8. The minimum absolute atomic E-state index is 0.125. The minimum atomic E-state index is -0.459. The number of ether oxygens (including phenoxy) is 1. The molecule has 1 saturated carbocycles. The SMILES string of the molecule is CC(C)(C)OC(=O)NC(CNCc1ccco1)C1CC1. The second-order valence-electron chi connectivity index (χ2n) is 6.30. The molecule has 0 radical (unpaired) electrons. The molecule has 112 valence electrons. The number of carbonyl (C=O) groups excluding carboxylic acids is 1. The highest BCUT2D eigenvalue weighted by molar-refractivity contribution is 5.68. The second kappa shape index (κ2) is 6.31. The molecule has 1 aromatic rings. The molecule has 0 saturated heterocycles. The zero-order chi connectivity index (χ0) is 14.6. The van der Waals surface area contributed by atoms with Gasteiger partial charge in [0.15, 0.2) is 0 Å². The smallest absolute Gasteiger partial charge is 0.407 e. The average molecular weight is 280 g/mol. The lowest BCUT2D eigenvalue weighted by molar-refractivity contribution is 0.0497. The lowest BCUT2D eigenvalue weighted by atomic mass is 10.2. The highest BCUT2D eigenvalue weighted by atomic mass is 16.6. The van der Waals surface area contributed by atoms with E-state index in [1.807, 2.05) is 32.9 Å². The van der Waals surface area contributed by atoms with Gasteiger partial charge in [-0.3, -0.25) is 0 Å². The third-order valence-electron chi connectivity index (χ3n) is 3.14. The van der Waals surface area contributed by atoms with Gasteiger partial charge in [-0.05, 0) is 51.7 Å². The van der Waals surface area contributed by atoms with E-state index in [9.17, 15) is 4.79 Å². The third-order valence-corrected chi connectivity index (χ3v) is 3.14. The first kappa shape index (κ1) is 14.9. The molecule has 1 aliphatic rings. The summed E-state index contributed by atoms with van der Waals surface area (Å²) in [6.07, 6.45) is 3.66. The first-order valence-electron chi connectivity index (χ1n) is 7.16. The predicted molar refractivity (Wildman–Crippen MR) is 76.3 cm³/mol. The second-order valence-corrected chi connectivity index (χ2v) is 6.30. The molecule has 2 N–H and O–H groups in total. The fourth-order valence-electron chi connectivity index (χ4n) is 2.06. The lowest BCUT2D eigenvalue weighted by Gasteiger charge is -2.23. The topological polar surface area (TPSA) is 63.5 Å². The van der Waals surface area contributed by atoms with Gasteiger partial charge in [-0.2, -0.15) is 0 Å². The Hall–Kier alpha value is -1.49. The van der Waals surface area contributed by atoms with Gasteiger partial charge in [0.25, 0.3) is 0 Å². The molecule has 5 heteroatoms. The fraction of sp³-hybridized carbons (Fsp3) is 0.667. The summed E-state index contributed by atoms with van der Waals surface area (Å²) in [5, 5.41) is 6.27. The number of rotatable bonds is 6. The molecule has 1 heterocycles. The molecule has 1 unspecified atom stereocenters. The van der Waals surface area contributed by atoms with Crippen LogP contribution in [0.15, 0.2) is 22.8 Å². The monoisotopic (exact) mass is 280 g/mol. The quantitative estimate of drug-likeness (QED) is 0.841. The van der Waals surface area contributed by atoms with Gasteiger partial charge in [-0.1, -0.05) is 0 Å². The van der Waals surface area contributed by atoms with E-state index in [0.717, 1.165) is 12.3 Å². The summed E-state index contributed by atoms with van der Waals surface area (Å²) >= 11 is 0. The van der Waals surface area contributed by atoms with Crippen molar-refractivity contribution in [3.8, 4) is 0 Å². The van der Waals surface area contributed by atoms with Gasteiger partial charge in [0, 0.05) is 12.6 Å². The Morgan fingerprint density at radius 1 is 1.50 bits per heavy atom. The van der Waals surface area contributed by atoms with E-state index < -0.39 is 5.60 Å². The Labute approximate surface area is 120 Å². The van der Waals surface area contributed by atoms with Crippen LogP contribution in [0.3, 0.4) is 0 Å². The van der Waals surface area contributed by atoms with Gasteiger partial charge in [0.2, 0.25) is 0 Å². The summed E-state index contributed by atoms with van der Waals surface area (Å²) in [6, 6.07) is 3.93. The highest BCUT2D eigenvalue weighted by Crippen LogP contribution is 2.32. The normalized spacial score (nSPS) is 16.8. The Bertz CT molecular complexity index is 419. The van der Waals surface area contributed by atoms with Crippen molar-refractivity contribution in [3.63, 3.8) is 0 Å². The van der Waals surface area contributed by atoms with Crippen LogP contribution >= 0.6 is 0 Å². The molecule has 5 nitrogen and oxygen atoms in total. The molecule has 0 aliphatic heterocycles. The number of furan rings is 1. The van der Waals surface area contributed by atoms with Crippen LogP contribution in [0.1, 0.15) is 39.4 Å². The molecular weight excluding hydrogens is 256 g/mol. The van der Waals surface area contributed by atoms with Gasteiger partial charge in [-0.25, -0.2) is 4.79 Å². The maximum Gasteiger partial charge on any atom is 0.407 e. The molecule has 1 amide bonds. The number of alkyl carbamates (subject to hydrolysis) is 1. The molecule has 0 spiro atoms. The summed E-state index contributed by atoms with van der Waals surface area (Å²) in [5.74, 6) is 1.46. The molecule has 0 bridgehead atoms. The van der Waals surface area contributed by atoms with E-state index in [-0.39, 0.29) is 12.1 Å². The van der Waals surface area contributed by atoms with E-state index in [1.165, 1.54) is 12.8 Å². The predicted octanol–water partition coefficient (Wildman–Crippen LogP) is 2.67. The molecular formula is C15H24N2O3. The number of hydrogen-bond donors (Lipinski definition) is 2. The summed E-state index contributed by atoms with van der Waals surface area (Å²) in [7, 11) is 0. The van der Waals surface area contributed by atoms with Crippen LogP contribution in [0.5, 0.6) is 0 Å². The molecule has 1 aromatic heterocycles. The minimum Gasteiger partial charge on any atom is -0.468 e. The van der Waals surface area contributed by atoms with E-state index in [1.54, 1.807) is 6.26 Å². The lowest BCUT2D eigenvalue weighted by Crippen LogP contribution is -2.45. The Morgan fingerprint density at radius 2 is 2.25 bits per heavy atom. The third kappa shape index (κ3) is 5.25. The zero-order valence-corrected chi connectivity index (χ0v) is 12.4. The van der Waals surface area contributed by atoms with Crippen molar-refractivity contribution in [3.05, 3.63) is 24.2 Å². The van der Waals surface area contributed by atoms with Crippen LogP contribution < -0.4 is 10.6 Å². The van der Waals surface area contributed by atoms with Crippen LogP contribution in [0.25, 0.3) is 0 Å². The first-order valence-corrected chi connectivity index (χ1v) is 7.16. The van der Waals surface area contributed by atoms with Gasteiger partial charge in [-0.15, -0.1) is 0 Å². The molecule has 1 atom stereocenters. The van der Waals surface area contributed by atoms with Crippen molar-refractivity contribution in [2.45, 2.75) is 51.8 Å². The number of hydrogen-bond acceptors (Lipinski definition) is 4. The van der Waals surface area contributed by atoms with Crippen molar-refractivity contribution < 1.29 is 13.9 Å². The van der Waals surface area contributed by atoms with E-state index in [4.69, 9.17) is 9.15 Å². The molecule has 0 aromatic carbocycles. The summed E-state index contributed by atoms with van der Waals surface area (Å²) in [5.41, 5.74) is -0.459. The number of amides is 1. The van der Waals surface area contributed by atoms with E-state index in [2.05, 4.69) is 10.6 Å². The first-order chi connectivity index (χ1) is 9.44. The van der Waals surface area contributed by atoms with Gasteiger partial charge < -0.3 is 19.8 Å². The van der Waals surface area contributed by atoms with Crippen molar-refractivity contribution >= 4 is 6.09 Å². The maximum absolute atomic E-state index is 11.8. The van der Waals surface area contributed by atoms with E-state index >= 15 is 0 Å². The van der Waals surface area contributed by atoms with Crippen molar-refractivity contribution in [2.24, 2.45) is 5.92 Å². The van der Waals surface area contributed by atoms with Crippen LogP contribution in [0.2, 0.25) is 0 Å². The summed E-state index contributed by atoms with van der Waals surface area (Å²) < 4.78 is 10.6. The summed E-state index contributed by atoms with van der Waals surface area (Å²) in [6.45, 7) is 7.01. The van der Waals surface area contributed by atoms with Crippen LogP contribution in [0, 0.1) is 5.92 Å². The standard InChI is InChI=1S/C15H24N2O3/c1-15(2,3)20-14(18)17-13(11-6-7-11)10-16-9-12-5-4-8-19-12/h4-5,8,11,13,16H,6-7,9-10H2,1-3H3,(H,17,18). The Balaban J connectivity index is 1.74. The van der Waals surface area contributed by atoms with Gasteiger partial charge >= 0.3 is 6.09 Å². The largest absolute Gasteiger partial charge is 0.468 e. The van der Waals surface area contributed by atoms with E-state index in [0.29, 0.717) is 12.5 Å². The molecule has 1 fully saturated rings. The van der Waals surface area contributed by atoms with Crippen LogP contribution in [-0.2, 0) is 11.3 Å². The van der Waals surface area contributed by atoms with Gasteiger partial charge in [0.1, 0.15) is 11.4 Å².